The Labute approximate surface area is 383 Å². The summed E-state index contributed by atoms with van der Waals surface area (Å²) in [7, 11) is 0. The van der Waals surface area contributed by atoms with E-state index in [1.54, 1.807) is 0 Å². The molecule has 0 saturated heterocycles. The molecule has 0 radical (unpaired) electrons. The van der Waals surface area contributed by atoms with Crippen molar-refractivity contribution in [3.63, 3.8) is 0 Å². The number of nitrogens with zero attached hydrogens (tertiary/aromatic N) is 3. The molecule has 0 atom stereocenters. The van der Waals surface area contributed by atoms with Crippen LogP contribution in [0, 0.1) is 20.8 Å². The third-order valence-electron chi connectivity index (χ3n) is 14.0. The van der Waals surface area contributed by atoms with Crippen LogP contribution in [-0.2, 0) is 0 Å². The second kappa shape index (κ2) is 14.8. The summed E-state index contributed by atoms with van der Waals surface area (Å²) in [6, 6.07) is 80.8. The van der Waals surface area contributed by atoms with Gasteiger partial charge in [-0.15, -0.1) is 0 Å². The molecule has 312 valence electrons. The van der Waals surface area contributed by atoms with E-state index < -0.39 is 0 Å². The number of rotatable bonds is 6. The maximum atomic E-state index is 2.43. The molecule has 13 rings (SSSR count). The van der Waals surface area contributed by atoms with Gasteiger partial charge in [0.25, 0.3) is 0 Å². The fraction of sp³-hybridized carbons (Fsp3) is 0.0476. The molecule has 0 aliphatic heterocycles. The van der Waals surface area contributed by atoms with Crippen molar-refractivity contribution in [2.45, 2.75) is 20.8 Å². The molecular formula is C63H45N3. The van der Waals surface area contributed by atoms with Crippen molar-refractivity contribution >= 4 is 65.4 Å². The van der Waals surface area contributed by atoms with Gasteiger partial charge in [-0.25, -0.2) is 0 Å². The lowest BCUT2D eigenvalue weighted by Crippen LogP contribution is -1.98. The van der Waals surface area contributed by atoms with E-state index in [1.807, 2.05) is 0 Å². The summed E-state index contributed by atoms with van der Waals surface area (Å²) >= 11 is 0. The quantitative estimate of drug-likeness (QED) is 0.158. The topological polar surface area (TPSA) is 14.8 Å². The fourth-order valence-corrected chi connectivity index (χ4v) is 10.9. The van der Waals surface area contributed by atoms with E-state index in [0.717, 1.165) is 17.1 Å². The van der Waals surface area contributed by atoms with Gasteiger partial charge in [-0.2, -0.15) is 0 Å². The normalized spacial score (nSPS) is 11.9. The van der Waals surface area contributed by atoms with Gasteiger partial charge < -0.3 is 13.7 Å². The van der Waals surface area contributed by atoms with E-state index in [2.05, 4.69) is 253 Å². The SMILES string of the molecule is Cc1ccc(-n2c3ccccc3c3ccccc32)cc1-c1cc(-c2cc(-n3c4ccccc4c4ccccc43)ccc2C)cc(-c2cc(-n3c4ccccc4c4ccccc43)ccc2C)c1. The number of hydrogen-bond donors (Lipinski definition) is 0. The minimum absolute atomic E-state index is 1.15. The Kier molecular flexibility index (Phi) is 8.56. The standard InChI is InChI=1S/C63H45N3/c1-40-28-31-46(64-58-22-10-4-16-49(58)50-17-5-11-23-59(50)64)37-55(40)43-34-44(56-38-47(32-29-41(56)2)65-60-24-12-6-18-51(60)52-19-7-13-25-61(52)65)36-45(35-43)57-39-48(33-30-42(57)3)66-62-26-14-8-20-53(62)54-21-9-15-27-63(54)66/h4-39H,1-3H3. The summed E-state index contributed by atoms with van der Waals surface area (Å²) in [5.41, 5.74) is 21.6. The summed E-state index contributed by atoms with van der Waals surface area (Å²) in [4.78, 5) is 0. The first-order chi connectivity index (χ1) is 32.5. The average Bonchev–Trinajstić information content (AvgIpc) is 4.01. The van der Waals surface area contributed by atoms with Gasteiger partial charge in [0.1, 0.15) is 0 Å². The largest absolute Gasteiger partial charge is 0.309 e. The maximum Gasteiger partial charge on any atom is 0.0541 e. The molecule has 0 saturated carbocycles. The van der Waals surface area contributed by atoms with Crippen LogP contribution in [0.1, 0.15) is 16.7 Å². The second-order valence-electron chi connectivity index (χ2n) is 17.9. The smallest absolute Gasteiger partial charge is 0.0541 e. The van der Waals surface area contributed by atoms with Crippen LogP contribution < -0.4 is 0 Å². The molecule has 10 aromatic carbocycles. The van der Waals surface area contributed by atoms with Crippen molar-refractivity contribution < 1.29 is 0 Å². The van der Waals surface area contributed by atoms with Crippen molar-refractivity contribution in [3.05, 3.63) is 235 Å². The number of benzene rings is 10. The summed E-state index contributed by atoms with van der Waals surface area (Å²) in [5, 5.41) is 7.57. The zero-order valence-electron chi connectivity index (χ0n) is 37.1. The zero-order valence-corrected chi connectivity index (χ0v) is 37.1. The van der Waals surface area contributed by atoms with Gasteiger partial charge >= 0.3 is 0 Å². The van der Waals surface area contributed by atoms with Crippen LogP contribution in [0.5, 0.6) is 0 Å². The zero-order chi connectivity index (χ0) is 44.0. The highest BCUT2D eigenvalue weighted by molar-refractivity contribution is 6.11. The summed E-state index contributed by atoms with van der Waals surface area (Å²) < 4.78 is 7.28. The molecule has 0 aliphatic rings. The Balaban J connectivity index is 1.05. The highest BCUT2D eigenvalue weighted by Crippen LogP contribution is 2.42. The van der Waals surface area contributed by atoms with Crippen LogP contribution in [0.25, 0.3) is 116 Å². The molecule has 0 amide bonds. The predicted molar refractivity (Wildman–Crippen MR) is 280 cm³/mol. The predicted octanol–water partition coefficient (Wildman–Crippen LogP) is 16.9. The molecule has 13 aromatic rings. The lowest BCUT2D eigenvalue weighted by molar-refractivity contribution is 1.17. The molecule has 3 nitrogen and oxygen atoms in total. The van der Waals surface area contributed by atoms with Gasteiger partial charge in [0, 0.05) is 49.4 Å². The van der Waals surface area contributed by atoms with Gasteiger partial charge in [-0.1, -0.05) is 127 Å². The van der Waals surface area contributed by atoms with Gasteiger partial charge in [-0.05, 0) is 162 Å². The Hall–Kier alpha value is -8.40. The van der Waals surface area contributed by atoms with Gasteiger partial charge in [0.2, 0.25) is 0 Å². The monoisotopic (exact) mass is 843 g/mol. The molecule has 3 heteroatoms. The average molecular weight is 844 g/mol. The van der Waals surface area contributed by atoms with E-state index in [9.17, 15) is 0 Å². The molecule has 0 aliphatic carbocycles. The Morgan fingerprint density at radius 3 is 0.667 bits per heavy atom. The number of fused-ring (bicyclic) bond motifs is 9. The van der Waals surface area contributed by atoms with Crippen LogP contribution in [0.2, 0.25) is 0 Å². The second-order valence-corrected chi connectivity index (χ2v) is 17.9. The molecule has 3 aromatic heterocycles. The fourth-order valence-electron chi connectivity index (χ4n) is 10.9. The summed E-state index contributed by atoms with van der Waals surface area (Å²) in [6.45, 7) is 6.75. The third kappa shape index (κ3) is 5.83. The van der Waals surface area contributed by atoms with E-state index in [1.165, 1.54) is 115 Å². The van der Waals surface area contributed by atoms with Crippen molar-refractivity contribution in [2.75, 3.05) is 0 Å². The van der Waals surface area contributed by atoms with Crippen LogP contribution in [0.15, 0.2) is 218 Å². The first-order valence-electron chi connectivity index (χ1n) is 22.9. The Bertz CT molecular complexity index is 3500. The Morgan fingerprint density at radius 1 is 0.227 bits per heavy atom. The molecular weight excluding hydrogens is 799 g/mol. The van der Waals surface area contributed by atoms with E-state index >= 15 is 0 Å². The minimum Gasteiger partial charge on any atom is -0.309 e. The number of hydrogen-bond acceptors (Lipinski definition) is 0. The highest BCUT2D eigenvalue weighted by atomic mass is 15.0. The minimum atomic E-state index is 1.15. The van der Waals surface area contributed by atoms with Crippen molar-refractivity contribution in [2.24, 2.45) is 0 Å². The van der Waals surface area contributed by atoms with E-state index in [0.29, 0.717) is 0 Å². The molecule has 0 unspecified atom stereocenters. The van der Waals surface area contributed by atoms with E-state index in [-0.39, 0.29) is 0 Å². The van der Waals surface area contributed by atoms with Crippen molar-refractivity contribution in [1.82, 2.24) is 13.7 Å². The molecule has 66 heavy (non-hydrogen) atoms. The van der Waals surface area contributed by atoms with Crippen molar-refractivity contribution in [3.8, 4) is 50.4 Å². The van der Waals surface area contributed by atoms with Gasteiger partial charge in [0.15, 0.2) is 0 Å². The number of para-hydroxylation sites is 6. The molecule has 0 fully saturated rings. The van der Waals surface area contributed by atoms with Gasteiger partial charge in [-0.3, -0.25) is 0 Å². The van der Waals surface area contributed by atoms with Crippen LogP contribution in [0.3, 0.4) is 0 Å². The van der Waals surface area contributed by atoms with Crippen molar-refractivity contribution in [1.29, 1.82) is 0 Å². The lowest BCUT2D eigenvalue weighted by Gasteiger charge is -2.18. The molecule has 3 heterocycles. The molecule has 0 spiro atoms. The van der Waals surface area contributed by atoms with Crippen LogP contribution >= 0.6 is 0 Å². The Morgan fingerprint density at radius 2 is 0.439 bits per heavy atom. The molecule has 0 N–H and O–H groups in total. The summed E-state index contributed by atoms with van der Waals surface area (Å²) in [6.07, 6.45) is 0. The summed E-state index contributed by atoms with van der Waals surface area (Å²) in [5.74, 6) is 0. The first-order valence-corrected chi connectivity index (χ1v) is 22.9. The highest BCUT2D eigenvalue weighted by Gasteiger charge is 2.19. The van der Waals surface area contributed by atoms with Crippen LogP contribution in [0.4, 0.5) is 0 Å². The maximum absolute atomic E-state index is 2.43. The molecule has 0 bridgehead atoms. The van der Waals surface area contributed by atoms with E-state index in [4.69, 9.17) is 0 Å². The number of aromatic nitrogens is 3. The first kappa shape index (κ1) is 38.1. The number of aryl methyl sites for hydroxylation is 3. The van der Waals surface area contributed by atoms with Crippen LogP contribution in [-0.4, -0.2) is 13.7 Å². The van der Waals surface area contributed by atoms with Gasteiger partial charge in [0.05, 0.1) is 33.1 Å². The lowest BCUT2D eigenvalue weighted by atomic mass is 9.89. The third-order valence-corrected chi connectivity index (χ3v) is 14.0.